The highest BCUT2D eigenvalue weighted by Crippen LogP contribution is 2.24. The second kappa shape index (κ2) is 6.10. The van der Waals surface area contributed by atoms with Crippen LogP contribution in [-0.2, 0) is 15.9 Å². The average molecular weight is 236 g/mol. The minimum atomic E-state index is -0.174. The molecule has 1 saturated heterocycles. The number of ether oxygens (including phenoxy) is 2. The quantitative estimate of drug-likeness (QED) is 0.833. The molecule has 0 saturated carbocycles. The second-order valence-electron chi connectivity index (χ2n) is 4.42. The molecular weight excluding hydrogens is 216 g/mol. The van der Waals surface area contributed by atoms with Crippen molar-refractivity contribution >= 4 is 0 Å². The molecule has 1 aromatic heterocycles. The first kappa shape index (κ1) is 12.5. The summed E-state index contributed by atoms with van der Waals surface area (Å²) in [5, 5.41) is 0. The van der Waals surface area contributed by atoms with Gasteiger partial charge in [0.2, 0.25) is 0 Å². The van der Waals surface area contributed by atoms with E-state index < -0.39 is 0 Å². The molecule has 94 valence electrons. The molecule has 4 heteroatoms. The monoisotopic (exact) mass is 236 g/mol. The minimum Gasteiger partial charge on any atom is -0.381 e. The van der Waals surface area contributed by atoms with Crippen molar-refractivity contribution in [1.82, 2.24) is 4.98 Å². The van der Waals surface area contributed by atoms with Crippen LogP contribution < -0.4 is 5.73 Å². The number of nitrogens with zero attached hydrogens (tertiary/aromatic N) is 1. The van der Waals surface area contributed by atoms with Gasteiger partial charge in [0.1, 0.15) is 0 Å². The fraction of sp³-hybridized carbons (Fsp3) is 0.615. The molecule has 0 bridgehead atoms. The van der Waals surface area contributed by atoms with Gasteiger partial charge in [0, 0.05) is 50.9 Å². The summed E-state index contributed by atoms with van der Waals surface area (Å²) in [4.78, 5) is 4.27. The van der Waals surface area contributed by atoms with Gasteiger partial charge in [0.15, 0.2) is 0 Å². The average Bonchev–Trinajstić information content (AvgIpc) is 2.41. The molecule has 1 fully saturated rings. The normalized spacial score (nSPS) is 19.1. The van der Waals surface area contributed by atoms with Crippen molar-refractivity contribution in [3.05, 3.63) is 30.1 Å². The number of rotatable bonds is 5. The van der Waals surface area contributed by atoms with Gasteiger partial charge in [-0.1, -0.05) is 6.07 Å². The summed E-state index contributed by atoms with van der Waals surface area (Å²) < 4.78 is 11.3. The minimum absolute atomic E-state index is 0.174. The SMILES string of the molecule is NCC1(OCCc2ccccn2)CCOCC1. The van der Waals surface area contributed by atoms with Gasteiger partial charge in [-0.3, -0.25) is 4.98 Å². The van der Waals surface area contributed by atoms with Crippen molar-refractivity contribution in [1.29, 1.82) is 0 Å². The first-order chi connectivity index (χ1) is 8.35. The Labute approximate surface area is 102 Å². The van der Waals surface area contributed by atoms with Crippen LogP contribution in [0.1, 0.15) is 18.5 Å². The van der Waals surface area contributed by atoms with Crippen molar-refractivity contribution in [3.63, 3.8) is 0 Å². The summed E-state index contributed by atoms with van der Waals surface area (Å²) in [6.07, 6.45) is 4.43. The summed E-state index contributed by atoms with van der Waals surface area (Å²) in [6, 6.07) is 5.93. The molecule has 1 aromatic rings. The van der Waals surface area contributed by atoms with E-state index in [1.807, 2.05) is 24.4 Å². The molecule has 17 heavy (non-hydrogen) atoms. The molecular formula is C13H20N2O2. The molecule has 0 radical (unpaired) electrons. The van der Waals surface area contributed by atoms with Gasteiger partial charge < -0.3 is 15.2 Å². The van der Waals surface area contributed by atoms with E-state index in [2.05, 4.69) is 4.98 Å². The molecule has 1 aliphatic rings. The maximum atomic E-state index is 5.98. The Morgan fingerprint density at radius 2 is 2.18 bits per heavy atom. The van der Waals surface area contributed by atoms with Crippen LogP contribution in [0, 0.1) is 0 Å². The molecule has 0 aromatic carbocycles. The van der Waals surface area contributed by atoms with E-state index >= 15 is 0 Å². The topological polar surface area (TPSA) is 57.4 Å². The lowest BCUT2D eigenvalue weighted by Gasteiger charge is -2.36. The first-order valence-corrected chi connectivity index (χ1v) is 6.16. The molecule has 0 aliphatic carbocycles. The predicted octanol–water partition coefficient (Wildman–Crippen LogP) is 1.15. The van der Waals surface area contributed by atoms with Crippen LogP contribution in [0.2, 0.25) is 0 Å². The van der Waals surface area contributed by atoms with Crippen LogP contribution in [-0.4, -0.2) is 37.0 Å². The van der Waals surface area contributed by atoms with Gasteiger partial charge in [-0.25, -0.2) is 0 Å². The molecule has 0 amide bonds. The molecule has 2 rings (SSSR count). The van der Waals surface area contributed by atoms with Gasteiger partial charge in [0.05, 0.1) is 12.2 Å². The highest BCUT2D eigenvalue weighted by Gasteiger charge is 2.31. The summed E-state index contributed by atoms with van der Waals surface area (Å²) in [6.45, 7) is 2.74. The number of hydrogen-bond acceptors (Lipinski definition) is 4. The Kier molecular flexibility index (Phi) is 4.48. The Bertz CT molecular complexity index is 323. The van der Waals surface area contributed by atoms with Crippen molar-refractivity contribution in [2.24, 2.45) is 5.73 Å². The molecule has 0 unspecified atom stereocenters. The molecule has 4 nitrogen and oxygen atoms in total. The van der Waals surface area contributed by atoms with Crippen LogP contribution in [0.4, 0.5) is 0 Å². The number of pyridine rings is 1. The Balaban J connectivity index is 1.80. The lowest BCUT2D eigenvalue weighted by molar-refractivity contribution is -0.104. The van der Waals surface area contributed by atoms with E-state index in [4.69, 9.17) is 15.2 Å². The zero-order chi connectivity index (χ0) is 12.0. The summed E-state index contributed by atoms with van der Waals surface area (Å²) in [7, 11) is 0. The Morgan fingerprint density at radius 3 is 2.82 bits per heavy atom. The molecule has 1 aliphatic heterocycles. The van der Waals surface area contributed by atoms with Crippen molar-refractivity contribution < 1.29 is 9.47 Å². The third kappa shape index (κ3) is 3.49. The molecule has 2 N–H and O–H groups in total. The van der Waals surface area contributed by atoms with Crippen molar-refractivity contribution in [3.8, 4) is 0 Å². The fourth-order valence-electron chi connectivity index (χ4n) is 2.07. The second-order valence-corrected chi connectivity index (χ2v) is 4.42. The van der Waals surface area contributed by atoms with Crippen LogP contribution in [0.5, 0.6) is 0 Å². The van der Waals surface area contributed by atoms with Gasteiger partial charge >= 0.3 is 0 Å². The largest absolute Gasteiger partial charge is 0.381 e. The smallest absolute Gasteiger partial charge is 0.0848 e. The summed E-state index contributed by atoms with van der Waals surface area (Å²) >= 11 is 0. The van der Waals surface area contributed by atoms with Gasteiger partial charge in [-0.05, 0) is 12.1 Å². The highest BCUT2D eigenvalue weighted by molar-refractivity contribution is 5.03. The van der Waals surface area contributed by atoms with Crippen LogP contribution in [0.15, 0.2) is 24.4 Å². The van der Waals surface area contributed by atoms with E-state index in [1.165, 1.54) is 0 Å². The highest BCUT2D eigenvalue weighted by atomic mass is 16.5. The standard InChI is InChI=1S/C13H20N2O2/c14-11-13(5-9-16-10-6-13)17-8-4-12-3-1-2-7-15-12/h1-3,7H,4-6,8-11,14H2. The van der Waals surface area contributed by atoms with Crippen molar-refractivity contribution in [2.45, 2.75) is 24.9 Å². The Hall–Kier alpha value is -0.970. The van der Waals surface area contributed by atoms with Crippen LogP contribution in [0.3, 0.4) is 0 Å². The predicted molar refractivity (Wildman–Crippen MR) is 65.7 cm³/mol. The maximum absolute atomic E-state index is 5.98. The number of hydrogen-bond donors (Lipinski definition) is 1. The molecule has 0 atom stereocenters. The fourth-order valence-corrected chi connectivity index (χ4v) is 2.07. The van der Waals surface area contributed by atoms with Crippen molar-refractivity contribution in [2.75, 3.05) is 26.4 Å². The zero-order valence-electron chi connectivity index (χ0n) is 10.1. The third-order valence-electron chi connectivity index (χ3n) is 3.27. The van der Waals surface area contributed by atoms with Gasteiger partial charge in [0.25, 0.3) is 0 Å². The van der Waals surface area contributed by atoms with E-state index in [0.717, 1.165) is 38.2 Å². The summed E-state index contributed by atoms with van der Waals surface area (Å²) in [5.74, 6) is 0. The number of aromatic nitrogens is 1. The van der Waals surface area contributed by atoms with E-state index in [-0.39, 0.29) is 5.60 Å². The van der Waals surface area contributed by atoms with E-state index in [0.29, 0.717) is 13.2 Å². The zero-order valence-corrected chi connectivity index (χ0v) is 10.1. The van der Waals surface area contributed by atoms with E-state index in [1.54, 1.807) is 0 Å². The molecule has 2 heterocycles. The van der Waals surface area contributed by atoms with Crippen LogP contribution >= 0.6 is 0 Å². The lowest BCUT2D eigenvalue weighted by atomic mass is 9.94. The third-order valence-corrected chi connectivity index (χ3v) is 3.27. The summed E-state index contributed by atoms with van der Waals surface area (Å²) in [5.41, 5.74) is 6.71. The molecule has 0 spiro atoms. The van der Waals surface area contributed by atoms with Crippen LogP contribution in [0.25, 0.3) is 0 Å². The van der Waals surface area contributed by atoms with Gasteiger partial charge in [-0.15, -0.1) is 0 Å². The first-order valence-electron chi connectivity index (χ1n) is 6.16. The van der Waals surface area contributed by atoms with Gasteiger partial charge in [-0.2, -0.15) is 0 Å². The Morgan fingerprint density at radius 1 is 1.35 bits per heavy atom. The number of nitrogens with two attached hydrogens (primary N) is 1. The lowest BCUT2D eigenvalue weighted by Crippen LogP contribution is -2.46. The van der Waals surface area contributed by atoms with E-state index in [9.17, 15) is 0 Å². The maximum Gasteiger partial charge on any atom is 0.0848 e.